The van der Waals surface area contributed by atoms with Crippen LogP contribution in [0.15, 0.2) is 5.16 Å². The first-order valence-corrected chi connectivity index (χ1v) is 5.68. The summed E-state index contributed by atoms with van der Waals surface area (Å²) in [4.78, 5) is 17.9. The van der Waals surface area contributed by atoms with E-state index in [1.807, 2.05) is 4.90 Å². The maximum absolute atomic E-state index is 10.6. The van der Waals surface area contributed by atoms with E-state index in [2.05, 4.69) is 12.1 Å². The first-order valence-electron chi connectivity index (χ1n) is 5.68. The Hall–Kier alpha value is -1.06. The summed E-state index contributed by atoms with van der Waals surface area (Å²) >= 11 is 0. The third-order valence-corrected chi connectivity index (χ3v) is 4.62. The van der Waals surface area contributed by atoms with Gasteiger partial charge < -0.3 is 9.74 Å². The van der Waals surface area contributed by atoms with E-state index in [9.17, 15) is 4.79 Å². The van der Waals surface area contributed by atoms with Crippen LogP contribution in [0.2, 0.25) is 0 Å². The summed E-state index contributed by atoms with van der Waals surface area (Å²) in [6.45, 7) is 4.01. The van der Waals surface area contributed by atoms with E-state index in [0.29, 0.717) is 23.7 Å². The SMILES string of the molecule is C[C@@]12C[C@@H]1C(C1[C@H]3CN(C=O)C[C@@H]13)=NO2. The Bertz CT molecular complexity index is 369. The minimum atomic E-state index is 0.0521. The van der Waals surface area contributed by atoms with Gasteiger partial charge in [-0.15, -0.1) is 0 Å². The van der Waals surface area contributed by atoms with Gasteiger partial charge in [0.05, 0.1) is 5.71 Å². The van der Waals surface area contributed by atoms with Crippen LogP contribution < -0.4 is 0 Å². The average Bonchev–Trinajstić information content (AvgIpc) is 2.99. The zero-order valence-electron chi connectivity index (χ0n) is 8.72. The Morgan fingerprint density at radius 2 is 2.27 bits per heavy atom. The van der Waals surface area contributed by atoms with Gasteiger partial charge in [-0.2, -0.15) is 0 Å². The number of rotatable bonds is 2. The maximum Gasteiger partial charge on any atom is 0.209 e. The molecule has 0 radical (unpaired) electrons. The molecule has 4 aliphatic rings. The van der Waals surface area contributed by atoms with Crippen molar-refractivity contribution >= 4 is 12.1 Å². The van der Waals surface area contributed by atoms with Crippen molar-refractivity contribution in [2.75, 3.05) is 13.1 Å². The molecule has 2 aliphatic heterocycles. The van der Waals surface area contributed by atoms with Crippen LogP contribution in [0.1, 0.15) is 13.3 Å². The summed E-state index contributed by atoms with van der Waals surface area (Å²) in [7, 11) is 0. The van der Waals surface area contributed by atoms with Crippen molar-refractivity contribution in [3.63, 3.8) is 0 Å². The third-order valence-electron chi connectivity index (χ3n) is 4.62. The van der Waals surface area contributed by atoms with Crippen LogP contribution >= 0.6 is 0 Å². The van der Waals surface area contributed by atoms with Crippen molar-refractivity contribution in [1.29, 1.82) is 0 Å². The molecule has 0 aromatic heterocycles. The lowest BCUT2D eigenvalue weighted by Crippen LogP contribution is -2.25. The Morgan fingerprint density at radius 3 is 2.73 bits per heavy atom. The molecule has 4 heteroatoms. The van der Waals surface area contributed by atoms with E-state index in [0.717, 1.165) is 25.9 Å². The van der Waals surface area contributed by atoms with Crippen LogP contribution in [-0.4, -0.2) is 35.7 Å². The van der Waals surface area contributed by atoms with Gasteiger partial charge in [0.2, 0.25) is 6.41 Å². The topological polar surface area (TPSA) is 41.9 Å². The number of nitrogens with zero attached hydrogens (tertiary/aromatic N) is 2. The van der Waals surface area contributed by atoms with Gasteiger partial charge in [0.25, 0.3) is 0 Å². The molecule has 2 heterocycles. The van der Waals surface area contributed by atoms with E-state index >= 15 is 0 Å². The second-order valence-corrected chi connectivity index (χ2v) is 5.59. The number of carbonyl (C=O) groups excluding carboxylic acids is 1. The molecule has 5 atom stereocenters. The molecule has 0 aromatic rings. The maximum atomic E-state index is 10.6. The highest BCUT2D eigenvalue weighted by Crippen LogP contribution is 2.61. The van der Waals surface area contributed by atoms with Crippen LogP contribution in [0, 0.1) is 23.7 Å². The summed E-state index contributed by atoms with van der Waals surface area (Å²) in [6.07, 6.45) is 2.12. The van der Waals surface area contributed by atoms with Gasteiger partial charge in [-0.3, -0.25) is 4.79 Å². The Kier molecular flexibility index (Phi) is 1.19. The second kappa shape index (κ2) is 2.20. The molecular weight excluding hydrogens is 192 g/mol. The molecule has 80 valence electrons. The summed E-state index contributed by atoms with van der Waals surface area (Å²) < 4.78 is 0. The highest BCUT2D eigenvalue weighted by molar-refractivity contribution is 5.96. The number of likely N-dealkylation sites (tertiary alicyclic amines) is 1. The molecule has 0 spiro atoms. The van der Waals surface area contributed by atoms with E-state index in [1.54, 1.807) is 0 Å². The quantitative estimate of drug-likeness (QED) is 0.617. The normalized spacial score (nSPS) is 54.2. The molecule has 15 heavy (non-hydrogen) atoms. The van der Waals surface area contributed by atoms with Gasteiger partial charge in [0.15, 0.2) is 0 Å². The molecule has 2 saturated carbocycles. The lowest BCUT2D eigenvalue weighted by atomic mass is 10.1. The minimum Gasteiger partial charge on any atom is -0.389 e. The number of oxime groups is 1. The molecule has 4 rings (SSSR count). The first-order chi connectivity index (χ1) is 7.23. The van der Waals surface area contributed by atoms with Crippen molar-refractivity contribution < 1.29 is 9.63 Å². The predicted molar refractivity (Wildman–Crippen MR) is 53.1 cm³/mol. The lowest BCUT2D eigenvalue weighted by molar-refractivity contribution is -0.117. The fraction of sp³-hybridized carbons (Fsp3) is 0.818. The van der Waals surface area contributed by atoms with E-state index in [1.165, 1.54) is 5.71 Å². The molecule has 0 N–H and O–H groups in total. The van der Waals surface area contributed by atoms with E-state index in [-0.39, 0.29) is 5.60 Å². The van der Waals surface area contributed by atoms with Crippen LogP contribution in [0.3, 0.4) is 0 Å². The molecule has 3 fully saturated rings. The van der Waals surface area contributed by atoms with Gasteiger partial charge in [-0.1, -0.05) is 5.16 Å². The smallest absolute Gasteiger partial charge is 0.209 e. The van der Waals surface area contributed by atoms with Crippen molar-refractivity contribution in [1.82, 2.24) is 4.90 Å². The number of fused-ring (bicyclic) bond motifs is 2. The number of piperidine rings is 1. The number of carbonyl (C=O) groups is 1. The molecule has 1 saturated heterocycles. The average molecular weight is 206 g/mol. The van der Waals surface area contributed by atoms with Gasteiger partial charge in [0.1, 0.15) is 5.60 Å². The summed E-state index contributed by atoms with van der Waals surface area (Å²) in [5.74, 6) is 2.59. The van der Waals surface area contributed by atoms with Gasteiger partial charge in [-0.05, 0) is 18.8 Å². The Balaban J connectivity index is 1.49. The zero-order chi connectivity index (χ0) is 10.2. The zero-order valence-corrected chi connectivity index (χ0v) is 8.72. The Morgan fingerprint density at radius 1 is 1.53 bits per heavy atom. The van der Waals surface area contributed by atoms with Crippen LogP contribution in [-0.2, 0) is 9.63 Å². The molecule has 0 aromatic carbocycles. The summed E-state index contributed by atoms with van der Waals surface area (Å²) in [5.41, 5.74) is 1.36. The van der Waals surface area contributed by atoms with Crippen molar-refractivity contribution in [2.24, 2.45) is 28.8 Å². The fourth-order valence-electron chi connectivity index (χ4n) is 3.46. The molecule has 4 nitrogen and oxygen atoms in total. The van der Waals surface area contributed by atoms with Crippen molar-refractivity contribution in [3.05, 3.63) is 0 Å². The fourth-order valence-corrected chi connectivity index (χ4v) is 3.46. The van der Waals surface area contributed by atoms with Gasteiger partial charge >= 0.3 is 0 Å². The largest absolute Gasteiger partial charge is 0.389 e. The standard InChI is InChI=1S/C11H14N2O2/c1-11-2-8(11)10(12-15-11)9-6-3-13(5-14)4-7(6)9/h5-9H,2-4H2,1H3/t6-,7+,8-,9?,11-/m1/s1. The van der Waals surface area contributed by atoms with Crippen LogP contribution in [0.25, 0.3) is 0 Å². The monoisotopic (exact) mass is 206 g/mol. The number of hydrogen-bond acceptors (Lipinski definition) is 3. The molecule has 0 bridgehead atoms. The van der Waals surface area contributed by atoms with Crippen LogP contribution in [0.5, 0.6) is 0 Å². The van der Waals surface area contributed by atoms with Crippen molar-refractivity contribution in [3.8, 4) is 0 Å². The highest BCUT2D eigenvalue weighted by atomic mass is 16.7. The van der Waals surface area contributed by atoms with Gasteiger partial charge in [0, 0.05) is 31.3 Å². The number of hydrogen-bond donors (Lipinski definition) is 0. The first kappa shape index (κ1) is 8.13. The van der Waals surface area contributed by atoms with Gasteiger partial charge in [-0.25, -0.2) is 0 Å². The Labute approximate surface area is 88.2 Å². The third kappa shape index (κ3) is 0.880. The van der Waals surface area contributed by atoms with E-state index < -0.39 is 0 Å². The molecule has 1 amide bonds. The van der Waals surface area contributed by atoms with E-state index in [4.69, 9.17) is 4.84 Å². The summed E-state index contributed by atoms with van der Waals surface area (Å²) in [6, 6.07) is 0. The highest BCUT2D eigenvalue weighted by Gasteiger charge is 2.68. The van der Waals surface area contributed by atoms with Crippen LogP contribution in [0.4, 0.5) is 0 Å². The number of amides is 1. The van der Waals surface area contributed by atoms with Crippen molar-refractivity contribution in [2.45, 2.75) is 18.9 Å². The lowest BCUT2D eigenvalue weighted by Gasteiger charge is -2.13. The minimum absolute atomic E-state index is 0.0521. The summed E-state index contributed by atoms with van der Waals surface area (Å²) in [5, 5.41) is 4.24. The molecular formula is C11H14N2O2. The molecule has 2 aliphatic carbocycles. The second-order valence-electron chi connectivity index (χ2n) is 5.59. The predicted octanol–water partition coefficient (Wildman–Crippen LogP) is 0.485. The molecule has 1 unspecified atom stereocenters.